The largest absolute Gasteiger partial charge is 0.320 e. The van der Waals surface area contributed by atoms with Crippen LogP contribution in [0.2, 0.25) is 0 Å². The number of benzene rings is 1. The molecule has 1 aliphatic rings. The van der Waals surface area contributed by atoms with E-state index in [1.165, 1.54) is 31.7 Å². The summed E-state index contributed by atoms with van der Waals surface area (Å²) >= 11 is 0. The standard InChI is InChI=1S/C16H22F2N2O/c1-11-5-2-3-6-12(11)9-19-10-15(21)20-16-13(17)7-4-8-14(16)18/h4,7-8,11-12,19H,2-3,5-6,9-10H2,1H3,(H,20,21). The molecule has 0 saturated heterocycles. The Bertz CT molecular complexity index is 473. The Morgan fingerprint density at radius 3 is 2.57 bits per heavy atom. The van der Waals surface area contributed by atoms with Crippen LogP contribution >= 0.6 is 0 Å². The van der Waals surface area contributed by atoms with Crippen LogP contribution in [-0.2, 0) is 4.79 Å². The minimum absolute atomic E-state index is 0.0665. The van der Waals surface area contributed by atoms with Gasteiger partial charge in [0, 0.05) is 0 Å². The van der Waals surface area contributed by atoms with Crippen molar-refractivity contribution in [3.05, 3.63) is 29.8 Å². The minimum atomic E-state index is -0.760. The predicted octanol–water partition coefficient (Wildman–Crippen LogP) is 3.32. The van der Waals surface area contributed by atoms with Crippen molar-refractivity contribution in [1.82, 2.24) is 5.32 Å². The summed E-state index contributed by atoms with van der Waals surface area (Å²) in [5.74, 6) is -0.703. The molecule has 3 nitrogen and oxygen atoms in total. The smallest absolute Gasteiger partial charge is 0.238 e. The molecule has 1 amide bonds. The average Bonchev–Trinajstić information content (AvgIpc) is 2.45. The summed E-state index contributed by atoms with van der Waals surface area (Å²) in [5.41, 5.74) is -0.379. The molecule has 2 N–H and O–H groups in total. The molecule has 1 saturated carbocycles. The molecule has 0 bridgehead atoms. The van der Waals surface area contributed by atoms with Crippen LogP contribution in [0.4, 0.5) is 14.5 Å². The van der Waals surface area contributed by atoms with Crippen LogP contribution in [0.1, 0.15) is 32.6 Å². The number of halogens is 2. The van der Waals surface area contributed by atoms with Crippen molar-refractivity contribution in [3.63, 3.8) is 0 Å². The van der Waals surface area contributed by atoms with E-state index in [4.69, 9.17) is 0 Å². The number of para-hydroxylation sites is 1. The number of anilines is 1. The summed E-state index contributed by atoms with van der Waals surface area (Å²) < 4.78 is 26.8. The topological polar surface area (TPSA) is 41.1 Å². The summed E-state index contributed by atoms with van der Waals surface area (Å²) in [6.07, 6.45) is 4.94. The summed E-state index contributed by atoms with van der Waals surface area (Å²) in [5, 5.41) is 5.36. The Morgan fingerprint density at radius 2 is 1.90 bits per heavy atom. The van der Waals surface area contributed by atoms with Gasteiger partial charge in [0.25, 0.3) is 0 Å². The number of hydrogen-bond donors (Lipinski definition) is 2. The van der Waals surface area contributed by atoms with Crippen molar-refractivity contribution in [1.29, 1.82) is 0 Å². The maximum atomic E-state index is 13.4. The first-order valence-electron chi connectivity index (χ1n) is 7.52. The first kappa shape index (κ1) is 15.9. The molecule has 2 atom stereocenters. The van der Waals surface area contributed by atoms with Crippen molar-refractivity contribution in [2.75, 3.05) is 18.4 Å². The normalized spacial score (nSPS) is 22.0. The van der Waals surface area contributed by atoms with Gasteiger partial charge in [-0.2, -0.15) is 0 Å². The monoisotopic (exact) mass is 296 g/mol. The molecule has 1 fully saturated rings. The maximum absolute atomic E-state index is 13.4. The quantitative estimate of drug-likeness (QED) is 0.875. The van der Waals surface area contributed by atoms with Crippen LogP contribution in [0.3, 0.4) is 0 Å². The van der Waals surface area contributed by atoms with E-state index in [0.29, 0.717) is 11.8 Å². The SMILES string of the molecule is CC1CCCCC1CNCC(=O)Nc1c(F)cccc1F. The predicted molar refractivity (Wildman–Crippen MR) is 79.0 cm³/mol. The number of amides is 1. The molecular formula is C16H22F2N2O. The van der Waals surface area contributed by atoms with Crippen LogP contribution in [0.15, 0.2) is 18.2 Å². The Kier molecular flexibility index (Phi) is 5.67. The lowest BCUT2D eigenvalue weighted by Crippen LogP contribution is -2.35. The molecule has 2 unspecified atom stereocenters. The van der Waals surface area contributed by atoms with E-state index in [-0.39, 0.29) is 12.2 Å². The van der Waals surface area contributed by atoms with E-state index in [1.807, 2.05) is 0 Å². The average molecular weight is 296 g/mol. The molecule has 1 aromatic carbocycles. The van der Waals surface area contributed by atoms with Gasteiger partial charge in [0.1, 0.15) is 17.3 Å². The van der Waals surface area contributed by atoms with E-state index in [2.05, 4.69) is 17.6 Å². The third-order valence-electron chi connectivity index (χ3n) is 4.21. The van der Waals surface area contributed by atoms with Crippen molar-refractivity contribution < 1.29 is 13.6 Å². The fourth-order valence-corrected chi connectivity index (χ4v) is 2.87. The van der Waals surface area contributed by atoms with Gasteiger partial charge in [0.2, 0.25) is 5.91 Å². The van der Waals surface area contributed by atoms with Gasteiger partial charge in [-0.25, -0.2) is 8.78 Å². The Hall–Kier alpha value is -1.49. The van der Waals surface area contributed by atoms with Crippen molar-refractivity contribution in [2.24, 2.45) is 11.8 Å². The third kappa shape index (κ3) is 4.49. The zero-order chi connectivity index (χ0) is 15.2. The van der Waals surface area contributed by atoms with Gasteiger partial charge in [0.05, 0.1) is 6.54 Å². The van der Waals surface area contributed by atoms with Gasteiger partial charge in [-0.15, -0.1) is 0 Å². The molecule has 0 heterocycles. The van der Waals surface area contributed by atoms with Crippen LogP contribution < -0.4 is 10.6 Å². The first-order valence-corrected chi connectivity index (χ1v) is 7.52. The number of rotatable bonds is 5. The van der Waals surface area contributed by atoms with E-state index in [1.54, 1.807) is 0 Å². The number of carbonyl (C=O) groups is 1. The van der Waals surface area contributed by atoms with Crippen LogP contribution in [0.25, 0.3) is 0 Å². The second kappa shape index (κ2) is 7.50. The Morgan fingerprint density at radius 1 is 1.24 bits per heavy atom. The molecule has 0 aliphatic heterocycles. The van der Waals surface area contributed by atoms with E-state index < -0.39 is 17.5 Å². The van der Waals surface area contributed by atoms with Gasteiger partial charge in [-0.05, 0) is 36.9 Å². The lowest BCUT2D eigenvalue weighted by molar-refractivity contribution is -0.115. The van der Waals surface area contributed by atoms with E-state index >= 15 is 0 Å². The van der Waals surface area contributed by atoms with Crippen LogP contribution in [0.5, 0.6) is 0 Å². The fraction of sp³-hybridized carbons (Fsp3) is 0.562. The molecule has 1 aromatic rings. The summed E-state index contributed by atoms with van der Waals surface area (Å²) in [6.45, 7) is 3.08. The van der Waals surface area contributed by atoms with Gasteiger partial charge in [0.15, 0.2) is 0 Å². The van der Waals surface area contributed by atoms with Gasteiger partial charge in [-0.3, -0.25) is 4.79 Å². The molecule has 0 spiro atoms. The Labute approximate surface area is 124 Å². The lowest BCUT2D eigenvalue weighted by Gasteiger charge is -2.28. The first-order chi connectivity index (χ1) is 10.1. The minimum Gasteiger partial charge on any atom is -0.320 e. The molecule has 116 valence electrons. The molecule has 0 aromatic heterocycles. The van der Waals surface area contributed by atoms with E-state index in [0.717, 1.165) is 18.7 Å². The highest BCUT2D eigenvalue weighted by molar-refractivity contribution is 5.92. The molecule has 2 rings (SSSR count). The summed E-state index contributed by atoms with van der Waals surface area (Å²) in [7, 11) is 0. The molecule has 0 radical (unpaired) electrons. The highest BCUT2D eigenvalue weighted by Crippen LogP contribution is 2.28. The molecule has 21 heavy (non-hydrogen) atoms. The van der Waals surface area contributed by atoms with Crippen molar-refractivity contribution in [2.45, 2.75) is 32.6 Å². The van der Waals surface area contributed by atoms with Crippen LogP contribution in [0, 0.1) is 23.5 Å². The van der Waals surface area contributed by atoms with Crippen molar-refractivity contribution >= 4 is 11.6 Å². The summed E-state index contributed by atoms with van der Waals surface area (Å²) in [6, 6.07) is 3.51. The highest BCUT2D eigenvalue weighted by atomic mass is 19.1. The fourth-order valence-electron chi connectivity index (χ4n) is 2.87. The van der Waals surface area contributed by atoms with Gasteiger partial charge < -0.3 is 10.6 Å². The number of nitrogens with one attached hydrogen (secondary N) is 2. The number of carbonyl (C=O) groups excluding carboxylic acids is 1. The van der Waals surface area contributed by atoms with E-state index in [9.17, 15) is 13.6 Å². The zero-order valence-corrected chi connectivity index (χ0v) is 12.3. The molecule has 1 aliphatic carbocycles. The van der Waals surface area contributed by atoms with Crippen molar-refractivity contribution in [3.8, 4) is 0 Å². The number of hydrogen-bond acceptors (Lipinski definition) is 2. The maximum Gasteiger partial charge on any atom is 0.238 e. The third-order valence-corrected chi connectivity index (χ3v) is 4.21. The van der Waals surface area contributed by atoms with Gasteiger partial charge in [-0.1, -0.05) is 32.3 Å². The van der Waals surface area contributed by atoms with Gasteiger partial charge >= 0.3 is 0 Å². The zero-order valence-electron chi connectivity index (χ0n) is 12.3. The van der Waals surface area contributed by atoms with Crippen LogP contribution in [-0.4, -0.2) is 19.0 Å². The second-order valence-corrected chi connectivity index (χ2v) is 5.80. The molecule has 5 heteroatoms. The molecular weight excluding hydrogens is 274 g/mol. The lowest BCUT2D eigenvalue weighted by atomic mass is 9.80. The summed E-state index contributed by atoms with van der Waals surface area (Å²) in [4.78, 5) is 11.7. The Balaban J connectivity index is 1.77. The second-order valence-electron chi connectivity index (χ2n) is 5.80. The highest BCUT2D eigenvalue weighted by Gasteiger charge is 2.21.